The summed E-state index contributed by atoms with van der Waals surface area (Å²) in [5, 5.41) is 6.26. The van der Waals surface area contributed by atoms with Crippen LogP contribution in [0.2, 0.25) is 0 Å². The number of ether oxygens (including phenoxy) is 4. The van der Waals surface area contributed by atoms with Crippen LogP contribution >= 0.6 is 0 Å². The molecule has 0 bridgehead atoms. The van der Waals surface area contributed by atoms with Gasteiger partial charge in [0.15, 0.2) is 11.5 Å². The quantitative estimate of drug-likeness (QED) is 0.178. The van der Waals surface area contributed by atoms with Crippen LogP contribution < -0.4 is 20.1 Å². The molecule has 12 heteroatoms. The second kappa shape index (κ2) is 15.2. The highest BCUT2D eigenvalue weighted by atomic mass is 16.6. The lowest BCUT2D eigenvalue weighted by Crippen LogP contribution is -2.41. The molecule has 0 spiro atoms. The number of rotatable bonds is 10. The zero-order valence-electron chi connectivity index (χ0n) is 28.1. The van der Waals surface area contributed by atoms with E-state index < -0.39 is 5.60 Å². The first-order valence-electron chi connectivity index (χ1n) is 16.2. The number of amides is 3. The maximum Gasteiger partial charge on any atom is 0.410 e. The molecule has 1 aliphatic rings. The zero-order valence-corrected chi connectivity index (χ0v) is 28.1. The lowest BCUT2D eigenvalue weighted by Gasteiger charge is -2.33. The van der Waals surface area contributed by atoms with Gasteiger partial charge in [-0.05, 0) is 82.3 Å². The predicted molar refractivity (Wildman–Crippen MR) is 182 cm³/mol. The number of aromatic nitrogens is 2. The molecule has 254 valence electrons. The number of benzene rings is 2. The molecular weight excluding hydrogens is 614 g/mol. The van der Waals surface area contributed by atoms with Gasteiger partial charge in [-0.2, -0.15) is 0 Å². The van der Waals surface area contributed by atoms with Gasteiger partial charge in [0, 0.05) is 62.2 Å². The molecule has 5 rings (SSSR count). The number of pyridine rings is 1. The van der Waals surface area contributed by atoms with E-state index in [0.717, 1.165) is 23.8 Å². The van der Waals surface area contributed by atoms with Crippen molar-refractivity contribution in [2.45, 2.75) is 52.1 Å². The van der Waals surface area contributed by atoms with E-state index in [-0.39, 0.29) is 24.6 Å². The fourth-order valence-electron chi connectivity index (χ4n) is 5.47. The highest BCUT2D eigenvalue weighted by molar-refractivity contribution is 6.03. The Morgan fingerprint density at radius 1 is 0.958 bits per heavy atom. The lowest BCUT2D eigenvalue weighted by atomic mass is 9.89. The van der Waals surface area contributed by atoms with Gasteiger partial charge in [0.2, 0.25) is 0 Å². The molecule has 2 aromatic carbocycles. The van der Waals surface area contributed by atoms with E-state index in [1.165, 1.54) is 4.57 Å². The van der Waals surface area contributed by atoms with E-state index in [0.29, 0.717) is 66.4 Å². The smallest absolute Gasteiger partial charge is 0.410 e. The molecule has 2 N–H and O–H groups in total. The van der Waals surface area contributed by atoms with Crippen LogP contribution in [0.5, 0.6) is 17.2 Å². The third-order valence-electron chi connectivity index (χ3n) is 7.87. The Morgan fingerprint density at radius 3 is 2.40 bits per heavy atom. The number of anilines is 1. The molecule has 12 nitrogen and oxygen atoms in total. The van der Waals surface area contributed by atoms with Gasteiger partial charge in [0.05, 0.1) is 12.1 Å². The molecule has 1 aliphatic heterocycles. The van der Waals surface area contributed by atoms with E-state index in [1.807, 2.05) is 45.9 Å². The van der Waals surface area contributed by atoms with Gasteiger partial charge in [-0.25, -0.2) is 14.6 Å². The average Bonchev–Trinajstić information content (AvgIpc) is 3.48. The number of likely N-dealkylation sites (tertiary alicyclic amines) is 1. The summed E-state index contributed by atoms with van der Waals surface area (Å²) < 4.78 is 24.6. The van der Waals surface area contributed by atoms with Gasteiger partial charge < -0.3 is 34.5 Å². The predicted octanol–water partition coefficient (Wildman–Crippen LogP) is 6.80. The van der Waals surface area contributed by atoms with Gasteiger partial charge in [0.25, 0.3) is 5.91 Å². The van der Waals surface area contributed by atoms with Crippen molar-refractivity contribution in [3.8, 4) is 17.2 Å². The molecule has 2 aromatic heterocycles. The van der Waals surface area contributed by atoms with Gasteiger partial charge in [-0.15, -0.1) is 0 Å². The molecule has 0 unspecified atom stereocenters. The summed E-state index contributed by atoms with van der Waals surface area (Å²) in [7, 11) is 1.57. The molecular formula is C36H43N5O7. The summed E-state index contributed by atoms with van der Waals surface area (Å²) in [5.74, 6) is 1.62. The van der Waals surface area contributed by atoms with Crippen LogP contribution in [0.3, 0.4) is 0 Å². The van der Waals surface area contributed by atoms with Gasteiger partial charge >= 0.3 is 12.1 Å². The normalized spacial score (nSPS) is 13.6. The number of hydrogen-bond donors (Lipinski definition) is 2. The van der Waals surface area contributed by atoms with E-state index in [9.17, 15) is 14.4 Å². The first kappa shape index (κ1) is 34.2. The standard InChI is InChI=1S/C36H43N5O7/c1-6-45-19-20-46-30-23-29-27(14-18-41(29)34(43)37-5)21-31(30)47-28-11-15-38-32(22-28)39-33(42)26-9-7-24(8-10-26)25-12-16-40(17-13-25)35(44)48-36(2,3)4/h7-11,14-15,18,21-23,25H,6,12-13,16-17,19-20H2,1-5H3,(H,37,43)(H,38,39,42). The van der Waals surface area contributed by atoms with Crippen molar-refractivity contribution in [2.24, 2.45) is 0 Å². The summed E-state index contributed by atoms with van der Waals surface area (Å²) in [5.41, 5.74) is 1.77. The van der Waals surface area contributed by atoms with Crippen molar-refractivity contribution in [1.82, 2.24) is 19.8 Å². The van der Waals surface area contributed by atoms with E-state index in [1.54, 1.807) is 60.7 Å². The van der Waals surface area contributed by atoms with Crippen LogP contribution in [0, 0.1) is 0 Å². The Bertz CT molecular complexity index is 1740. The number of fused-ring (bicyclic) bond motifs is 1. The molecule has 4 aromatic rings. The molecule has 3 amide bonds. The van der Waals surface area contributed by atoms with Crippen LogP contribution in [0.15, 0.2) is 67.0 Å². The van der Waals surface area contributed by atoms with Crippen molar-refractivity contribution in [3.63, 3.8) is 0 Å². The topological polar surface area (TPSA) is 133 Å². The van der Waals surface area contributed by atoms with Crippen LogP contribution in [-0.2, 0) is 9.47 Å². The molecule has 48 heavy (non-hydrogen) atoms. The van der Waals surface area contributed by atoms with E-state index >= 15 is 0 Å². The summed E-state index contributed by atoms with van der Waals surface area (Å²) in [6.07, 6.45) is 4.61. The number of carbonyl (C=O) groups excluding carboxylic acids is 3. The summed E-state index contributed by atoms with van der Waals surface area (Å²) in [4.78, 5) is 44.0. The summed E-state index contributed by atoms with van der Waals surface area (Å²) in [6.45, 7) is 10.0. The van der Waals surface area contributed by atoms with Crippen molar-refractivity contribution >= 4 is 34.8 Å². The Balaban J connectivity index is 1.23. The van der Waals surface area contributed by atoms with Crippen LogP contribution in [0.4, 0.5) is 15.4 Å². The highest BCUT2D eigenvalue weighted by Crippen LogP contribution is 2.37. The zero-order chi connectivity index (χ0) is 34.3. The molecule has 0 aliphatic carbocycles. The first-order valence-corrected chi connectivity index (χ1v) is 16.2. The van der Waals surface area contributed by atoms with Crippen molar-refractivity contribution in [2.75, 3.05) is 45.3 Å². The van der Waals surface area contributed by atoms with Crippen LogP contribution in [0.25, 0.3) is 10.9 Å². The van der Waals surface area contributed by atoms with Crippen molar-refractivity contribution in [1.29, 1.82) is 0 Å². The molecule has 3 heterocycles. The maximum absolute atomic E-state index is 13.1. The fourth-order valence-corrected chi connectivity index (χ4v) is 5.47. The summed E-state index contributed by atoms with van der Waals surface area (Å²) in [6, 6.07) is 16.0. The third kappa shape index (κ3) is 8.62. The largest absolute Gasteiger partial charge is 0.487 e. The molecule has 1 saturated heterocycles. The second-order valence-electron chi connectivity index (χ2n) is 12.4. The number of piperidine rings is 1. The van der Waals surface area contributed by atoms with Crippen LogP contribution in [0.1, 0.15) is 62.4 Å². The maximum atomic E-state index is 13.1. The Morgan fingerprint density at radius 2 is 1.71 bits per heavy atom. The first-order chi connectivity index (χ1) is 23.0. The molecule has 0 saturated carbocycles. The number of carbonyl (C=O) groups is 3. The van der Waals surface area contributed by atoms with Crippen molar-refractivity contribution < 1.29 is 33.3 Å². The lowest BCUT2D eigenvalue weighted by molar-refractivity contribution is 0.0204. The minimum Gasteiger partial charge on any atom is -0.487 e. The molecule has 0 atom stereocenters. The Hall–Kier alpha value is -5.10. The van der Waals surface area contributed by atoms with Gasteiger partial charge in [-0.1, -0.05) is 12.1 Å². The number of nitrogens with zero attached hydrogens (tertiary/aromatic N) is 3. The van der Waals surface area contributed by atoms with Crippen molar-refractivity contribution in [3.05, 3.63) is 78.1 Å². The van der Waals surface area contributed by atoms with E-state index in [4.69, 9.17) is 18.9 Å². The summed E-state index contributed by atoms with van der Waals surface area (Å²) >= 11 is 0. The number of nitrogens with one attached hydrogen (secondary N) is 2. The second-order valence-corrected chi connectivity index (χ2v) is 12.4. The minimum absolute atomic E-state index is 0.274. The number of hydrogen-bond acceptors (Lipinski definition) is 8. The minimum atomic E-state index is -0.519. The van der Waals surface area contributed by atoms with Gasteiger partial charge in [-0.3, -0.25) is 9.36 Å². The van der Waals surface area contributed by atoms with E-state index in [2.05, 4.69) is 15.6 Å². The third-order valence-corrected chi connectivity index (χ3v) is 7.87. The monoisotopic (exact) mass is 657 g/mol. The Kier molecular flexibility index (Phi) is 10.8. The fraction of sp³-hybridized carbons (Fsp3) is 0.389. The highest BCUT2D eigenvalue weighted by Gasteiger charge is 2.27. The van der Waals surface area contributed by atoms with Gasteiger partial charge in [0.1, 0.15) is 23.8 Å². The molecule has 0 radical (unpaired) electrons. The average molecular weight is 658 g/mol. The SMILES string of the molecule is CCOCCOc1cc2c(ccn2C(=O)NC)cc1Oc1ccnc(NC(=O)c2ccc(C3CCN(C(=O)OC(C)(C)C)CC3)cc2)c1. The van der Waals surface area contributed by atoms with Crippen LogP contribution in [-0.4, -0.2) is 78.0 Å². The Labute approximate surface area is 280 Å². The molecule has 1 fully saturated rings.